The standard InChI is InChI=1S/C16H21N3S/c1-3-11(4-2)10-18-15-9-13(16(17)20)12-7-5-6-8-14(12)19-15/h5-9,11H,3-4,10H2,1-2H3,(H2,17,20)(H,18,19). The van der Waals surface area contributed by atoms with Gasteiger partial charge in [0.05, 0.1) is 5.52 Å². The zero-order valence-corrected chi connectivity index (χ0v) is 12.8. The Kier molecular flexibility index (Phi) is 4.90. The van der Waals surface area contributed by atoms with Gasteiger partial charge in [0.15, 0.2) is 0 Å². The molecule has 0 aliphatic rings. The molecule has 0 saturated carbocycles. The van der Waals surface area contributed by atoms with Crippen molar-refractivity contribution in [2.75, 3.05) is 11.9 Å². The van der Waals surface area contributed by atoms with Gasteiger partial charge >= 0.3 is 0 Å². The van der Waals surface area contributed by atoms with Crippen molar-refractivity contribution in [3.05, 3.63) is 35.9 Å². The second-order valence-corrected chi connectivity index (χ2v) is 5.44. The third kappa shape index (κ3) is 3.25. The van der Waals surface area contributed by atoms with Gasteiger partial charge in [-0.2, -0.15) is 0 Å². The predicted octanol–water partition coefficient (Wildman–Crippen LogP) is 3.72. The first-order valence-electron chi connectivity index (χ1n) is 7.09. The van der Waals surface area contributed by atoms with Gasteiger partial charge in [-0.3, -0.25) is 0 Å². The summed E-state index contributed by atoms with van der Waals surface area (Å²) in [5.74, 6) is 1.51. The number of thiocarbonyl (C=S) groups is 1. The first kappa shape index (κ1) is 14.7. The minimum atomic E-state index is 0.411. The molecule has 0 saturated heterocycles. The normalized spacial score (nSPS) is 10.9. The van der Waals surface area contributed by atoms with Crippen LogP contribution < -0.4 is 11.1 Å². The number of rotatable bonds is 6. The van der Waals surface area contributed by atoms with E-state index in [0.29, 0.717) is 10.9 Å². The summed E-state index contributed by atoms with van der Waals surface area (Å²) in [5.41, 5.74) is 7.64. The Morgan fingerprint density at radius 1 is 1.30 bits per heavy atom. The second kappa shape index (κ2) is 6.66. The molecule has 1 aromatic carbocycles. The predicted molar refractivity (Wildman–Crippen MR) is 90.2 cm³/mol. The van der Waals surface area contributed by atoms with Crippen LogP contribution in [0, 0.1) is 5.92 Å². The van der Waals surface area contributed by atoms with E-state index in [-0.39, 0.29) is 0 Å². The van der Waals surface area contributed by atoms with E-state index in [4.69, 9.17) is 18.0 Å². The molecule has 3 nitrogen and oxygen atoms in total. The molecule has 0 amide bonds. The summed E-state index contributed by atoms with van der Waals surface area (Å²) in [5, 5.41) is 4.42. The minimum absolute atomic E-state index is 0.411. The van der Waals surface area contributed by atoms with Crippen molar-refractivity contribution in [2.45, 2.75) is 26.7 Å². The highest BCUT2D eigenvalue weighted by Gasteiger charge is 2.09. The van der Waals surface area contributed by atoms with E-state index in [2.05, 4.69) is 24.1 Å². The Morgan fingerprint density at radius 3 is 2.65 bits per heavy atom. The highest BCUT2D eigenvalue weighted by atomic mass is 32.1. The largest absolute Gasteiger partial charge is 0.389 e. The Labute approximate surface area is 125 Å². The van der Waals surface area contributed by atoms with E-state index < -0.39 is 0 Å². The molecular weight excluding hydrogens is 266 g/mol. The van der Waals surface area contributed by atoms with Gasteiger partial charge in [-0.1, -0.05) is 57.1 Å². The fourth-order valence-corrected chi connectivity index (χ4v) is 2.46. The molecule has 0 radical (unpaired) electrons. The maximum atomic E-state index is 5.83. The Morgan fingerprint density at radius 2 is 2.00 bits per heavy atom. The van der Waals surface area contributed by atoms with Gasteiger partial charge in [0.1, 0.15) is 10.8 Å². The van der Waals surface area contributed by atoms with Crippen molar-refractivity contribution in [1.29, 1.82) is 0 Å². The lowest BCUT2D eigenvalue weighted by atomic mass is 10.0. The lowest BCUT2D eigenvalue weighted by Gasteiger charge is -2.15. The number of benzene rings is 1. The molecule has 1 aromatic heterocycles. The van der Waals surface area contributed by atoms with E-state index >= 15 is 0 Å². The molecule has 20 heavy (non-hydrogen) atoms. The Balaban J connectivity index is 2.33. The van der Waals surface area contributed by atoms with Crippen LogP contribution in [0.1, 0.15) is 32.3 Å². The molecule has 0 spiro atoms. The van der Waals surface area contributed by atoms with Crippen molar-refractivity contribution in [2.24, 2.45) is 11.7 Å². The number of nitrogens with one attached hydrogen (secondary N) is 1. The Bertz CT molecular complexity index is 606. The third-order valence-electron chi connectivity index (χ3n) is 3.71. The lowest BCUT2D eigenvalue weighted by Crippen LogP contribution is -2.15. The summed E-state index contributed by atoms with van der Waals surface area (Å²) in [7, 11) is 0. The molecular formula is C16H21N3S. The van der Waals surface area contributed by atoms with Gasteiger partial charge < -0.3 is 11.1 Å². The van der Waals surface area contributed by atoms with Crippen molar-refractivity contribution in [1.82, 2.24) is 4.98 Å². The summed E-state index contributed by atoms with van der Waals surface area (Å²) in [6.07, 6.45) is 2.33. The summed E-state index contributed by atoms with van der Waals surface area (Å²) in [6, 6.07) is 9.89. The van der Waals surface area contributed by atoms with Gasteiger partial charge in [-0.05, 0) is 18.1 Å². The SMILES string of the molecule is CCC(CC)CNc1cc(C(N)=S)c2ccccc2n1. The first-order chi connectivity index (χ1) is 9.65. The highest BCUT2D eigenvalue weighted by molar-refractivity contribution is 7.80. The van der Waals surface area contributed by atoms with Crippen molar-refractivity contribution in [3.8, 4) is 0 Å². The molecule has 1 heterocycles. The average molecular weight is 287 g/mol. The zero-order valence-electron chi connectivity index (χ0n) is 12.0. The fraction of sp³-hybridized carbons (Fsp3) is 0.375. The summed E-state index contributed by atoms with van der Waals surface area (Å²) >= 11 is 5.15. The van der Waals surface area contributed by atoms with Crippen LogP contribution in [0.5, 0.6) is 0 Å². The highest BCUT2D eigenvalue weighted by Crippen LogP contribution is 2.21. The van der Waals surface area contributed by atoms with Gasteiger partial charge in [0.2, 0.25) is 0 Å². The number of anilines is 1. The molecule has 0 atom stereocenters. The molecule has 2 aromatic rings. The quantitative estimate of drug-likeness (QED) is 0.795. The van der Waals surface area contributed by atoms with E-state index in [0.717, 1.165) is 28.8 Å². The number of nitrogens with zero attached hydrogens (tertiary/aromatic N) is 1. The zero-order chi connectivity index (χ0) is 14.5. The van der Waals surface area contributed by atoms with E-state index in [1.165, 1.54) is 12.8 Å². The molecule has 0 bridgehead atoms. The monoisotopic (exact) mass is 287 g/mol. The lowest BCUT2D eigenvalue weighted by molar-refractivity contribution is 0.518. The van der Waals surface area contributed by atoms with E-state index in [1.54, 1.807) is 0 Å². The number of hydrogen-bond acceptors (Lipinski definition) is 3. The smallest absolute Gasteiger partial charge is 0.127 e. The molecule has 0 aliphatic heterocycles. The summed E-state index contributed by atoms with van der Waals surface area (Å²) < 4.78 is 0. The number of aromatic nitrogens is 1. The summed E-state index contributed by atoms with van der Waals surface area (Å²) in [4.78, 5) is 5.04. The molecule has 0 unspecified atom stereocenters. The van der Waals surface area contributed by atoms with Crippen molar-refractivity contribution >= 4 is 33.9 Å². The number of para-hydroxylation sites is 1. The number of fused-ring (bicyclic) bond motifs is 1. The van der Waals surface area contributed by atoms with Crippen LogP contribution in [-0.2, 0) is 0 Å². The number of pyridine rings is 1. The van der Waals surface area contributed by atoms with Crippen LogP contribution in [0.15, 0.2) is 30.3 Å². The molecule has 0 fully saturated rings. The molecule has 2 rings (SSSR count). The second-order valence-electron chi connectivity index (χ2n) is 5.00. The van der Waals surface area contributed by atoms with Crippen molar-refractivity contribution < 1.29 is 0 Å². The topological polar surface area (TPSA) is 50.9 Å². The van der Waals surface area contributed by atoms with Crippen LogP contribution >= 0.6 is 12.2 Å². The van der Waals surface area contributed by atoms with Crippen LogP contribution in [-0.4, -0.2) is 16.5 Å². The van der Waals surface area contributed by atoms with E-state index in [9.17, 15) is 0 Å². The van der Waals surface area contributed by atoms with Crippen LogP contribution in [0.4, 0.5) is 5.82 Å². The van der Waals surface area contributed by atoms with Crippen molar-refractivity contribution in [3.63, 3.8) is 0 Å². The number of nitrogens with two attached hydrogens (primary N) is 1. The van der Waals surface area contributed by atoms with E-state index in [1.807, 2.05) is 30.3 Å². The van der Waals surface area contributed by atoms with Gasteiger partial charge in [0, 0.05) is 17.5 Å². The van der Waals surface area contributed by atoms with Crippen LogP contribution in [0.25, 0.3) is 10.9 Å². The van der Waals surface area contributed by atoms with Crippen LogP contribution in [0.3, 0.4) is 0 Å². The van der Waals surface area contributed by atoms with Crippen LogP contribution in [0.2, 0.25) is 0 Å². The van der Waals surface area contributed by atoms with Gasteiger partial charge in [0.25, 0.3) is 0 Å². The fourth-order valence-electron chi connectivity index (χ4n) is 2.30. The van der Waals surface area contributed by atoms with Gasteiger partial charge in [-0.25, -0.2) is 4.98 Å². The molecule has 3 N–H and O–H groups in total. The molecule has 4 heteroatoms. The summed E-state index contributed by atoms with van der Waals surface area (Å²) in [6.45, 7) is 5.35. The maximum Gasteiger partial charge on any atom is 0.127 e. The molecule has 106 valence electrons. The average Bonchev–Trinajstić information content (AvgIpc) is 2.47. The van der Waals surface area contributed by atoms with Gasteiger partial charge in [-0.15, -0.1) is 0 Å². The Hall–Kier alpha value is -1.68. The first-order valence-corrected chi connectivity index (χ1v) is 7.50. The third-order valence-corrected chi connectivity index (χ3v) is 3.93. The number of hydrogen-bond donors (Lipinski definition) is 2. The molecule has 0 aliphatic carbocycles. The minimum Gasteiger partial charge on any atom is -0.389 e. The maximum absolute atomic E-state index is 5.83.